The van der Waals surface area contributed by atoms with Gasteiger partial charge >= 0.3 is 6.18 Å². The number of benzene rings is 1. The highest BCUT2D eigenvalue weighted by atomic mass is 19.4. The maximum atomic E-state index is 13.5. The number of nitrogens with one attached hydrogen (secondary N) is 2. The van der Waals surface area contributed by atoms with Gasteiger partial charge in [-0.25, -0.2) is 9.97 Å². The van der Waals surface area contributed by atoms with E-state index in [0.29, 0.717) is 67.0 Å². The van der Waals surface area contributed by atoms with E-state index in [9.17, 15) is 32.3 Å². The number of amides is 4. The van der Waals surface area contributed by atoms with E-state index in [-0.39, 0.29) is 36.6 Å². The largest absolute Gasteiger partial charge is 0.417 e. The Bertz CT molecular complexity index is 2260. The van der Waals surface area contributed by atoms with Crippen molar-refractivity contribution < 1.29 is 32.3 Å². The molecule has 0 radical (unpaired) electrons. The smallest absolute Gasteiger partial charge is 0.371 e. The van der Waals surface area contributed by atoms with E-state index >= 15 is 0 Å². The molecule has 6 aliphatic heterocycles. The van der Waals surface area contributed by atoms with Crippen LogP contribution in [0, 0.1) is 29.1 Å². The molecule has 4 amide bonds. The van der Waals surface area contributed by atoms with Crippen LogP contribution in [0.1, 0.15) is 65.7 Å². The second-order valence-corrected chi connectivity index (χ2v) is 17.9. The van der Waals surface area contributed by atoms with Gasteiger partial charge in [-0.3, -0.25) is 29.4 Å². The van der Waals surface area contributed by atoms with Crippen molar-refractivity contribution in [3.63, 3.8) is 0 Å². The molecule has 63 heavy (non-hydrogen) atoms. The third kappa shape index (κ3) is 9.31. The van der Waals surface area contributed by atoms with Crippen molar-refractivity contribution >= 4 is 46.6 Å². The molecular weight excluding hydrogens is 816 g/mol. The summed E-state index contributed by atoms with van der Waals surface area (Å²) in [6.45, 7) is 11.2. The molecule has 6 aliphatic rings. The quantitative estimate of drug-likeness (QED) is 0.283. The molecule has 2 aromatic heterocycles. The van der Waals surface area contributed by atoms with Crippen molar-refractivity contribution in [3.8, 4) is 6.07 Å². The van der Waals surface area contributed by atoms with Gasteiger partial charge < -0.3 is 29.8 Å². The van der Waals surface area contributed by atoms with Crippen LogP contribution in [0.15, 0.2) is 48.7 Å². The van der Waals surface area contributed by atoms with Gasteiger partial charge in [-0.1, -0.05) is 0 Å². The highest BCUT2D eigenvalue weighted by molar-refractivity contribution is 6.05. The summed E-state index contributed by atoms with van der Waals surface area (Å²) in [5.41, 5.74) is 1.30. The van der Waals surface area contributed by atoms with Crippen LogP contribution in [0.25, 0.3) is 0 Å². The predicted octanol–water partition coefficient (Wildman–Crippen LogP) is 3.95. The molecule has 18 heteroatoms. The summed E-state index contributed by atoms with van der Waals surface area (Å²) < 4.78 is 40.4. The number of pyridine rings is 2. The standard InChI is InChI=1S/C45H52F3N11O4/c46-45(47,48)36-21-33(2-1-32(36)22-49)56-15-11-31(12-16-56)42(61)52-39-6-3-34(23-50-39)57-13-9-29(10-14-57)24-55-26-30(27-55)25-54-17-19-58(20-18-54)40-7-4-35-37(51-40)28-59(44(35)63)38-5-8-41(60)53-43(38)62/h1-4,6-7,21,23,29-31,38H,5,8-20,24-28H2,(H,50,52,61)(H,53,60,62). The van der Waals surface area contributed by atoms with Gasteiger partial charge in [0.1, 0.15) is 17.7 Å². The molecule has 8 heterocycles. The van der Waals surface area contributed by atoms with Gasteiger partial charge in [-0.15, -0.1) is 0 Å². The van der Waals surface area contributed by atoms with E-state index in [0.717, 1.165) is 95.9 Å². The van der Waals surface area contributed by atoms with Crippen LogP contribution in [0.3, 0.4) is 0 Å². The number of imide groups is 1. The first kappa shape index (κ1) is 42.5. The number of carbonyl (C=O) groups is 4. The maximum absolute atomic E-state index is 13.5. The first-order chi connectivity index (χ1) is 30.4. The molecule has 0 spiro atoms. The van der Waals surface area contributed by atoms with E-state index in [1.54, 1.807) is 11.0 Å². The van der Waals surface area contributed by atoms with Crippen LogP contribution in [-0.2, 0) is 27.1 Å². The van der Waals surface area contributed by atoms with E-state index < -0.39 is 29.3 Å². The van der Waals surface area contributed by atoms with Gasteiger partial charge in [0.25, 0.3) is 5.91 Å². The first-order valence-electron chi connectivity index (χ1n) is 22.1. The number of rotatable bonds is 10. The highest BCUT2D eigenvalue weighted by Crippen LogP contribution is 2.36. The minimum atomic E-state index is -4.62. The molecule has 5 saturated heterocycles. The summed E-state index contributed by atoms with van der Waals surface area (Å²) in [6, 6.07) is 12.3. The number of alkyl halides is 3. The zero-order valence-electron chi connectivity index (χ0n) is 35.2. The maximum Gasteiger partial charge on any atom is 0.417 e. The van der Waals surface area contributed by atoms with Crippen LogP contribution in [-0.4, -0.2) is 133 Å². The van der Waals surface area contributed by atoms with Crippen molar-refractivity contribution in [1.82, 2.24) is 30.0 Å². The fraction of sp³-hybridized carbons (Fsp3) is 0.533. The third-order valence-electron chi connectivity index (χ3n) is 13.8. The SMILES string of the molecule is N#Cc1ccc(N2CCC(C(=O)Nc3ccc(N4CCC(CN5CC(CN6CCN(c7ccc8c(n7)CN(C7CCC(=O)NC7=O)C8=O)CC6)C5)CC4)cn3)CC2)cc1C(F)(F)F. The number of hydrogen-bond donors (Lipinski definition) is 2. The number of fused-ring (bicyclic) bond motifs is 1. The summed E-state index contributed by atoms with van der Waals surface area (Å²) in [7, 11) is 0. The van der Waals surface area contributed by atoms with Crippen LogP contribution >= 0.6 is 0 Å². The Morgan fingerprint density at radius 1 is 0.810 bits per heavy atom. The van der Waals surface area contributed by atoms with Gasteiger partial charge in [-0.2, -0.15) is 18.4 Å². The Kier molecular flexibility index (Phi) is 12.0. The predicted molar refractivity (Wildman–Crippen MR) is 228 cm³/mol. The minimum absolute atomic E-state index is 0.144. The zero-order valence-corrected chi connectivity index (χ0v) is 35.2. The van der Waals surface area contributed by atoms with Gasteiger partial charge in [-0.05, 0) is 86.4 Å². The summed E-state index contributed by atoms with van der Waals surface area (Å²) in [6.07, 6.45) is 0.966. The number of anilines is 4. The lowest BCUT2D eigenvalue weighted by Gasteiger charge is -2.45. The Morgan fingerprint density at radius 3 is 2.19 bits per heavy atom. The van der Waals surface area contributed by atoms with Crippen molar-refractivity contribution in [1.29, 1.82) is 5.26 Å². The van der Waals surface area contributed by atoms with E-state index in [1.165, 1.54) is 12.1 Å². The fourth-order valence-corrected chi connectivity index (χ4v) is 10.1. The average Bonchev–Trinajstić information content (AvgIpc) is 3.60. The molecule has 15 nitrogen and oxygen atoms in total. The lowest BCUT2D eigenvalue weighted by atomic mass is 9.92. The molecule has 0 aliphatic carbocycles. The summed E-state index contributed by atoms with van der Waals surface area (Å²) in [4.78, 5) is 72.7. The third-order valence-corrected chi connectivity index (χ3v) is 13.8. The Hall–Kier alpha value is -5.80. The number of nitrogens with zero attached hydrogens (tertiary/aromatic N) is 9. The molecular formula is C45H52F3N11O4. The van der Waals surface area contributed by atoms with Gasteiger partial charge in [0, 0.05) is 96.6 Å². The number of piperidine rings is 3. The molecule has 2 N–H and O–H groups in total. The topological polar surface area (TPSA) is 161 Å². The molecule has 1 aromatic carbocycles. The second kappa shape index (κ2) is 17.8. The monoisotopic (exact) mass is 867 g/mol. The van der Waals surface area contributed by atoms with Crippen LogP contribution in [0.4, 0.5) is 36.2 Å². The van der Waals surface area contributed by atoms with Crippen molar-refractivity contribution in [2.24, 2.45) is 17.8 Å². The first-order valence-corrected chi connectivity index (χ1v) is 22.1. The summed E-state index contributed by atoms with van der Waals surface area (Å²) in [5.74, 6) is 1.32. The molecule has 1 atom stereocenters. The lowest BCUT2D eigenvalue weighted by Crippen LogP contribution is -2.56. The molecule has 0 saturated carbocycles. The normalized spacial score (nSPS) is 22.2. The van der Waals surface area contributed by atoms with Crippen molar-refractivity contribution in [2.45, 2.75) is 57.3 Å². The Labute approximate surface area is 364 Å². The molecule has 5 fully saturated rings. The molecule has 0 bridgehead atoms. The van der Waals surface area contributed by atoms with Crippen LogP contribution in [0.2, 0.25) is 0 Å². The van der Waals surface area contributed by atoms with E-state index in [1.807, 2.05) is 35.4 Å². The van der Waals surface area contributed by atoms with E-state index in [4.69, 9.17) is 10.2 Å². The van der Waals surface area contributed by atoms with Crippen molar-refractivity contribution in [3.05, 3.63) is 71.0 Å². The summed E-state index contributed by atoms with van der Waals surface area (Å²) >= 11 is 0. The number of likely N-dealkylation sites (tertiary alicyclic amines) is 1. The summed E-state index contributed by atoms with van der Waals surface area (Å²) in [5, 5.41) is 14.4. The lowest BCUT2D eigenvalue weighted by molar-refractivity contribution is -0.138. The zero-order chi connectivity index (χ0) is 43.8. The number of hydrogen-bond acceptors (Lipinski definition) is 12. The number of halogens is 3. The number of piperazine rings is 1. The van der Waals surface area contributed by atoms with Gasteiger partial charge in [0.15, 0.2) is 0 Å². The van der Waals surface area contributed by atoms with Crippen LogP contribution in [0.5, 0.6) is 0 Å². The van der Waals surface area contributed by atoms with Gasteiger partial charge in [0.05, 0.1) is 46.9 Å². The van der Waals surface area contributed by atoms with Crippen LogP contribution < -0.4 is 25.3 Å². The van der Waals surface area contributed by atoms with E-state index in [2.05, 4.69) is 35.2 Å². The second-order valence-electron chi connectivity index (χ2n) is 17.9. The van der Waals surface area contributed by atoms with Gasteiger partial charge in [0.2, 0.25) is 17.7 Å². The number of aromatic nitrogens is 2. The number of carbonyl (C=O) groups excluding carboxylic acids is 4. The Balaban J connectivity index is 0.655. The van der Waals surface area contributed by atoms with Crippen molar-refractivity contribution in [2.75, 3.05) is 98.6 Å². The average molecular weight is 868 g/mol. The number of nitriles is 1. The molecule has 9 rings (SSSR count). The Morgan fingerprint density at radius 2 is 1.51 bits per heavy atom. The molecule has 3 aromatic rings. The molecule has 1 unspecified atom stereocenters. The fourth-order valence-electron chi connectivity index (χ4n) is 10.1. The highest BCUT2D eigenvalue weighted by Gasteiger charge is 2.41. The molecule has 332 valence electrons. The minimum Gasteiger partial charge on any atom is -0.371 e.